The highest BCUT2D eigenvalue weighted by molar-refractivity contribution is 5.67. The lowest BCUT2D eigenvalue weighted by atomic mass is 9.84. The Morgan fingerprint density at radius 2 is 2.29 bits per heavy atom. The molecule has 4 nitrogen and oxygen atoms in total. The molecule has 1 heterocycles. The Hall–Kier alpha value is -0.610. The predicted octanol–water partition coefficient (Wildman–Crippen LogP) is 0.520. The highest BCUT2D eigenvalue weighted by Crippen LogP contribution is 2.33. The highest BCUT2D eigenvalue weighted by Gasteiger charge is 2.39. The molecular formula is C10H20N2O2. The molecule has 0 amide bonds. The van der Waals surface area contributed by atoms with Crippen molar-refractivity contribution in [2.75, 3.05) is 19.6 Å². The van der Waals surface area contributed by atoms with Crippen molar-refractivity contribution in [2.24, 2.45) is 11.1 Å². The molecule has 82 valence electrons. The largest absolute Gasteiger partial charge is 0.481 e. The minimum absolute atomic E-state index is 0.184. The van der Waals surface area contributed by atoms with E-state index in [9.17, 15) is 4.79 Å². The van der Waals surface area contributed by atoms with Gasteiger partial charge in [0.1, 0.15) is 0 Å². The van der Waals surface area contributed by atoms with Crippen molar-refractivity contribution in [3.05, 3.63) is 0 Å². The van der Waals surface area contributed by atoms with Crippen molar-refractivity contribution in [3.8, 4) is 0 Å². The molecule has 1 saturated heterocycles. The van der Waals surface area contributed by atoms with E-state index in [1.165, 1.54) is 0 Å². The fourth-order valence-corrected chi connectivity index (χ4v) is 2.11. The molecule has 0 bridgehead atoms. The second kappa shape index (κ2) is 4.28. The Balaban J connectivity index is 2.61. The molecule has 0 radical (unpaired) electrons. The first-order chi connectivity index (χ1) is 6.49. The first kappa shape index (κ1) is 11.5. The van der Waals surface area contributed by atoms with Crippen molar-refractivity contribution >= 4 is 5.97 Å². The average Bonchev–Trinajstić information content (AvgIpc) is 2.49. The van der Waals surface area contributed by atoms with Gasteiger partial charge in [-0.2, -0.15) is 0 Å². The van der Waals surface area contributed by atoms with Gasteiger partial charge in [-0.3, -0.25) is 4.79 Å². The maximum atomic E-state index is 10.7. The Kier molecular flexibility index (Phi) is 3.50. The molecule has 0 aromatic heterocycles. The quantitative estimate of drug-likeness (QED) is 0.694. The molecule has 1 aliphatic heterocycles. The van der Waals surface area contributed by atoms with E-state index < -0.39 is 5.97 Å². The number of likely N-dealkylation sites (tertiary alicyclic amines) is 1. The molecule has 1 rings (SSSR count). The van der Waals surface area contributed by atoms with Crippen molar-refractivity contribution < 1.29 is 9.90 Å². The number of nitrogens with two attached hydrogens (primary N) is 1. The molecule has 4 heteroatoms. The number of carboxylic acids is 1. The normalized spacial score (nSPS) is 28.6. The summed E-state index contributed by atoms with van der Waals surface area (Å²) in [5.41, 5.74) is 5.51. The van der Waals surface area contributed by atoms with Crippen LogP contribution in [0, 0.1) is 5.41 Å². The fraction of sp³-hybridized carbons (Fsp3) is 0.900. The molecule has 1 unspecified atom stereocenters. The van der Waals surface area contributed by atoms with Crippen molar-refractivity contribution in [2.45, 2.75) is 32.7 Å². The summed E-state index contributed by atoms with van der Waals surface area (Å²) in [7, 11) is 0. The maximum absolute atomic E-state index is 10.7. The lowest BCUT2D eigenvalue weighted by molar-refractivity contribution is -0.139. The third kappa shape index (κ3) is 2.45. The molecule has 14 heavy (non-hydrogen) atoms. The summed E-state index contributed by atoms with van der Waals surface area (Å²) in [6.45, 7) is 6.54. The average molecular weight is 200 g/mol. The number of rotatable bonds is 4. The van der Waals surface area contributed by atoms with Crippen molar-refractivity contribution in [1.82, 2.24) is 4.90 Å². The SMILES string of the molecule is CC(C)N1CCC(CN)(CC(=O)O)C1. The van der Waals surface area contributed by atoms with Crippen LogP contribution in [0.1, 0.15) is 26.7 Å². The van der Waals surface area contributed by atoms with Crippen LogP contribution in [-0.2, 0) is 4.79 Å². The van der Waals surface area contributed by atoms with Crippen LogP contribution in [0.25, 0.3) is 0 Å². The van der Waals surface area contributed by atoms with Crippen LogP contribution in [-0.4, -0.2) is 41.7 Å². The van der Waals surface area contributed by atoms with Gasteiger partial charge in [-0.25, -0.2) is 0 Å². The lowest BCUT2D eigenvalue weighted by Gasteiger charge is -2.27. The van der Waals surface area contributed by atoms with E-state index in [2.05, 4.69) is 18.7 Å². The number of carboxylic acid groups (broad SMARTS) is 1. The van der Waals surface area contributed by atoms with Gasteiger partial charge in [0.05, 0.1) is 6.42 Å². The van der Waals surface area contributed by atoms with E-state index >= 15 is 0 Å². The van der Waals surface area contributed by atoms with Crippen molar-refractivity contribution in [1.29, 1.82) is 0 Å². The summed E-state index contributed by atoms with van der Waals surface area (Å²) in [5, 5.41) is 8.82. The summed E-state index contributed by atoms with van der Waals surface area (Å²) in [6.07, 6.45) is 1.11. The summed E-state index contributed by atoms with van der Waals surface area (Å²) in [6, 6.07) is 0.484. The molecule has 1 aliphatic rings. The number of hydrogen-bond donors (Lipinski definition) is 2. The third-order valence-corrected chi connectivity index (χ3v) is 3.16. The van der Waals surface area contributed by atoms with Crippen LogP contribution in [0.5, 0.6) is 0 Å². The van der Waals surface area contributed by atoms with Crippen LogP contribution in [0.15, 0.2) is 0 Å². The zero-order chi connectivity index (χ0) is 10.8. The highest BCUT2D eigenvalue weighted by atomic mass is 16.4. The van der Waals surface area contributed by atoms with E-state index in [0.717, 1.165) is 19.5 Å². The zero-order valence-corrected chi connectivity index (χ0v) is 8.99. The molecule has 0 aromatic rings. The van der Waals surface area contributed by atoms with E-state index in [-0.39, 0.29) is 11.8 Å². The second-order valence-electron chi connectivity index (χ2n) is 4.59. The van der Waals surface area contributed by atoms with Gasteiger partial charge in [0.2, 0.25) is 0 Å². The number of carbonyl (C=O) groups is 1. The zero-order valence-electron chi connectivity index (χ0n) is 8.99. The molecule has 0 aromatic carbocycles. The lowest BCUT2D eigenvalue weighted by Crippen LogP contribution is -2.38. The molecule has 1 atom stereocenters. The summed E-state index contributed by atoms with van der Waals surface area (Å²) >= 11 is 0. The topological polar surface area (TPSA) is 66.6 Å². The standard InChI is InChI=1S/C10H20N2O2/c1-8(2)12-4-3-10(6-11,7-12)5-9(13)14/h8H,3-7,11H2,1-2H3,(H,13,14). The third-order valence-electron chi connectivity index (χ3n) is 3.16. The molecule has 3 N–H and O–H groups in total. The van der Waals surface area contributed by atoms with Gasteiger partial charge >= 0.3 is 5.97 Å². The summed E-state index contributed by atoms with van der Waals surface area (Å²) in [5.74, 6) is -0.735. The Morgan fingerprint density at radius 1 is 1.64 bits per heavy atom. The predicted molar refractivity (Wildman–Crippen MR) is 55.1 cm³/mol. The van der Waals surface area contributed by atoms with E-state index in [4.69, 9.17) is 10.8 Å². The number of nitrogens with zero attached hydrogens (tertiary/aromatic N) is 1. The molecule has 1 fully saturated rings. The van der Waals surface area contributed by atoms with Crippen molar-refractivity contribution in [3.63, 3.8) is 0 Å². The molecular weight excluding hydrogens is 180 g/mol. The monoisotopic (exact) mass is 200 g/mol. The molecule has 0 aliphatic carbocycles. The van der Waals surface area contributed by atoms with Crippen LogP contribution in [0.3, 0.4) is 0 Å². The van der Waals surface area contributed by atoms with Gasteiger partial charge in [-0.05, 0) is 33.4 Å². The Bertz CT molecular complexity index is 218. The van der Waals surface area contributed by atoms with E-state index in [1.54, 1.807) is 0 Å². The second-order valence-corrected chi connectivity index (χ2v) is 4.59. The molecule has 0 saturated carbocycles. The van der Waals surface area contributed by atoms with Crippen LogP contribution >= 0.6 is 0 Å². The van der Waals surface area contributed by atoms with Crippen LogP contribution in [0.4, 0.5) is 0 Å². The number of hydrogen-bond acceptors (Lipinski definition) is 3. The van der Waals surface area contributed by atoms with Gasteiger partial charge in [-0.15, -0.1) is 0 Å². The van der Waals surface area contributed by atoms with Crippen LogP contribution < -0.4 is 5.73 Å². The first-order valence-corrected chi connectivity index (χ1v) is 5.15. The Morgan fingerprint density at radius 3 is 2.64 bits per heavy atom. The minimum atomic E-state index is -0.735. The van der Waals surface area contributed by atoms with Gasteiger partial charge < -0.3 is 15.7 Å². The van der Waals surface area contributed by atoms with Gasteiger partial charge in [0, 0.05) is 18.0 Å². The Labute approximate surface area is 85.1 Å². The first-order valence-electron chi connectivity index (χ1n) is 5.15. The smallest absolute Gasteiger partial charge is 0.304 e. The fourth-order valence-electron chi connectivity index (χ4n) is 2.11. The summed E-state index contributed by atoms with van der Waals surface area (Å²) in [4.78, 5) is 13.0. The van der Waals surface area contributed by atoms with Gasteiger partial charge in [0.15, 0.2) is 0 Å². The van der Waals surface area contributed by atoms with Crippen LogP contribution in [0.2, 0.25) is 0 Å². The van der Waals surface area contributed by atoms with E-state index in [1.807, 2.05) is 0 Å². The summed E-state index contributed by atoms with van der Waals surface area (Å²) < 4.78 is 0. The number of aliphatic carboxylic acids is 1. The van der Waals surface area contributed by atoms with Gasteiger partial charge in [-0.1, -0.05) is 0 Å². The molecule has 0 spiro atoms. The van der Waals surface area contributed by atoms with Gasteiger partial charge in [0.25, 0.3) is 0 Å². The maximum Gasteiger partial charge on any atom is 0.304 e. The van der Waals surface area contributed by atoms with E-state index in [0.29, 0.717) is 12.6 Å². The minimum Gasteiger partial charge on any atom is -0.481 e.